The van der Waals surface area contributed by atoms with Crippen LogP contribution in [-0.4, -0.2) is 21.9 Å². The molecule has 2 aromatic heterocycles. The van der Waals surface area contributed by atoms with E-state index in [2.05, 4.69) is 28.0 Å². The van der Waals surface area contributed by atoms with Crippen LogP contribution >= 0.6 is 11.6 Å². The molecule has 0 fully saturated rings. The SMILES string of the molecule is CN(Cc1cccnc1)Cc1cc(Cl)ccn1. The van der Waals surface area contributed by atoms with Crippen LogP contribution in [0.3, 0.4) is 0 Å². The monoisotopic (exact) mass is 247 g/mol. The Kier molecular flexibility index (Phi) is 4.07. The van der Waals surface area contributed by atoms with Gasteiger partial charge in [0.25, 0.3) is 0 Å². The largest absolute Gasteiger partial charge is 0.296 e. The van der Waals surface area contributed by atoms with Crippen molar-refractivity contribution in [3.63, 3.8) is 0 Å². The molecule has 0 radical (unpaired) electrons. The molecule has 0 unspecified atom stereocenters. The van der Waals surface area contributed by atoms with Crippen molar-refractivity contribution in [3.05, 3.63) is 59.1 Å². The van der Waals surface area contributed by atoms with Gasteiger partial charge in [0.15, 0.2) is 0 Å². The molecule has 2 heterocycles. The van der Waals surface area contributed by atoms with Gasteiger partial charge in [-0.25, -0.2) is 0 Å². The van der Waals surface area contributed by atoms with Crippen LogP contribution in [0.25, 0.3) is 0 Å². The highest BCUT2D eigenvalue weighted by molar-refractivity contribution is 6.30. The molecule has 0 saturated carbocycles. The molecule has 4 heteroatoms. The van der Waals surface area contributed by atoms with Crippen molar-refractivity contribution < 1.29 is 0 Å². The van der Waals surface area contributed by atoms with Gasteiger partial charge < -0.3 is 0 Å². The number of nitrogens with zero attached hydrogens (tertiary/aromatic N) is 3. The second kappa shape index (κ2) is 5.75. The van der Waals surface area contributed by atoms with Gasteiger partial charge in [0, 0.05) is 36.7 Å². The lowest BCUT2D eigenvalue weighted by molar-refractivity contribution is 0.315. The van der Waals surface area contributed by atoms with Crippen molar-refractivity contribution in [1.29, 1.82) is 0 Å². The third-order valence-corrected chi connectivity index (χ3v) is 2.62. The standard InChI is InChI=1S/C13H14ClN3/c1-17(9-11-3-2-5-15-8-11)10-13-7-12(14)4-6-16-13/h2-8H,9-10H2,1H3. The van der Waals surface area contributed by atoms with Crippen LogP contribution in [0.4, 0.5) is 0 Å². The molecule has 0 N–H and O–H groups in total. The van der Waals surface area contributed by atoms with Crippen molar-refractivity contribution in [2.24, 2.45) is 0 Å². The van der Waals surface area contributed by atoms with Gasteiger partial charge in [-0.05, 0) is 30.8 Å². The molecule has 0 aliphatic rings. The molecule has 2 rings (SSSR count). The quantitative estimate of drug-likeness (QED) is 0.832. The van der Waals surface area contributed by atoms with Crippen LogP contribution < -0.4 is 0 Å². The zero-order valence-electron chi connectivity index (χ0n) is 9.68. The Balaban J connectivity index is 1.96. The molecule has 3 nitrogen and oxygen atoms in total. The van der Waals surface area contributed by atoms with Crippen LogP contribution in [0.2, 0.25) is 5.02 Å². The molecular formula is C13H14ClN3. The molecule has 0 aliphatic carbocycles. The first-order chi connectivity index (χ1) is 8.24. The molecular weight excluding hydrogens is 234 g/mol. The van der Waals surface area contributed by atoms with Crippen LogP contribution in [-0.2, 0) is 13.1 Å². The van der Waals surface area contributed by atoms with Crippen molar-refractivity contribution in [2.45, 2.75) is 13.1 Å². The molecule has 0 spiro atoms. The van der Waals surface area contributed by atoms with E-state index in [1.807, 2.05) is 18.3 Å². The Labute approximate surface area is 106 Å². The van der Waals surface area contributed by atoms with Gasteiger partial charge in [-0.1, -0.05) is 17.7 Å². The summed E-state index contributed by atoms with van der Waals surface area (Å²) in [5.74, 6) is 0. The van der Waals surface area contributed by atoms with Crippen LogP contribution in [0.15, 0.2) is 42.9 Å². The summed E-state index contributed by atoms with van der Waals surface area (Å²) in [6, 6.07) is 7.68. The fourth-order valence-corrected chi connectivity index (χ4v) is 1.85. The molecule has 0 aromatic carbocycles. The Hall–Kier alpha value is -1.45. The molecule has 88 valence electrons. The fraction of sp³-hybridized carbons (Fsp3) is 0.231. The topological polar surface area (TPSA) is 29.0 Å². The van der Waals surface area contributed by atoms with Gasteiger partial charge in [0.1, 0.15) is 0 Å². The van der Waals surface area contributed by atoms with Crippen LogP contribution in [0, 0.1) is 0 Å². The Morgan fingerprint density at radius 3 is 2.82 bits per heavy atom. The van der Waals surface area contributed by atoms with Gasteiger partial charge in [-0.2, -0.15) is 0 Å². The normalized spacial score (nSPS) is 10.8. The first-order valence-electron chi connectivity index (χ1n) is 5.42. The number of rotatable bonds is 4. The van der Waals surface area contributed by atoms with Gasteiger partial charge in [0.05, 0.1) is 5.69 Å². The highest BCUT2D eigenvalue weighted by Gasteiger charge is 2.03. The Morgan fingerprint density at radius 2 is 2.12 bits per heavy atom. The number of hydrogen-bond acceptors (Lipinski definition) is 3. The number of pyridine rings is 2. The van der Waals surface area contributed by atoms with E-state index in [0.29, 0.717) is 0 Å². The summed E-state index contributed by atoms with van der Waals surface area (Å²) in [5.41, 5.74) is 2.17. The zero-order valence-corrected chi connectivity index (χ0v) is 10.4. The van der Waals surface area contributed by atoms with Crippen LogP contribution in [0.1, 0.15) is 11.3 Å². The molecule has 0 aliphatic heterocycles. The van der Waals surface area contributed by atoms with Crippen molar-refractivity contribution >= 4 is 11.6 Å². The fourth-order valence-electron chi connectivity index (χ4n) is 1.67. The molecule has 0 amide bonds. The maximum atomic E-state index is 5.92. The van der Waals surface area contributed by atoms with Gasteiger partial charge in [0.2, 0.25) is 0 Å². The van der Waals surface area contributed by atoms with E-state index in [1.165, 1.54) is 5.56 Å². The van der Waals surface area contributed by atoms with Crippen molar-refractivity contribution in [3.8, 4) is 0 Å². The van der Waals surface area contributed by atoms with E-state index in [4.69, 9.17) is 11.6 Å². The van der Waals surface area contributed by atoms with E-state index in [1.54, 1.807) is 18.5 Å². The zero-order chi connectivity index (χ0) is 12.1. The highest BCUT2D eigenvalue weighted by Crippen LogP contribution is 2.10. The predicted octanol–water partition coefficient (Wildman–Crippen LogP) is 2.76. The maximum absolute atomic E-state index is 5.92. The molecule has 0 bridgehead atoms. The summed E-state index contributed by atoms with van der Waals surface area (Å²) in [6.07, 6.45) is 5.39. The third kappa shape index (κ3) is 3.80. The van der Waals surface area contributed by atoms with Crippen molar-refractivity contribution in [2.75, 3.05) is 7.05 Å². The average Bonchev–Trinajstić information content (AvgIpc) is 2.30. The smallest absolute Gasteiger partial charge is 0.0558 e. The lowest BCUT2D eigenvalue weighted by Crippen LogP contribution is -2.17. The Morgan fingerprint density at radius 1 is 1.24 bits per heavy atom. The molecule has 17 heavy (non-hydrogen) atoms. The molecule has 0 saturated heterocycles. The van der Waals surface area contributed by atoms with E-state index < -0.39 is 0 Å². The maximum Gasteiger partial charge on any atom is 0.0558 e. The molecule has 2 aromatic rings. The highest BCUT2D eigenvalue weighted by atomic mass is 35.5. The Bertz CT molecular complexity index is 473. The minimum Gasteiger partial charge on any atom is -0.296 e. The second-order valence-electron chi connectivity index (χ2n) is 4.00. The minimum atomic E-state index is 0.727. The molecule has 0 atom stereocenters. The first-order valence-corrected chi connectivity index (χ1v) is 5.80. The predicted molar refractivity (Wildman–Crippen MR) is 68.7 cm³/mol. The van der Waals surface area contributed by atoms with Crippen molar-refractivity contribution in [1.82, 2.24) is 14.9 Å². The van der Waals surface area contributed by atoms with E-state index in [-0.39, 0.29) is 0 Å². The average molecular weight is 248 g/mol. The van der Waals surface area contributed by atoms with E-state index >= 15 is 0 Å². The lowest BCUT2D eigenvalue weighted by Gasteiger charge is -2.15. The lowest BCUT2D eigenvalue weighted by atomic mass is 10.2. The summed E-state index contributed by atoms with van der Waals surface area (Å²) in [5, 5.41) is 0.727. The van der Waals surface area contributed by atoms with E-state index in [0.717, 1.165) is 23.8 Å². The first kappa shape index (κ1) is 12.0. The van der Waals surface area contributed by atoms with Gasteiger partial charge >= 0.3 is 0 Å². The number of aromatic nitrogens is 2. The van der Waals surface area contributed by atoms with Gasteiger partial charge in [-0.15, -0.1) is 0 Å². The number of halogens is 1. The summed E-state index contributed by atoms with van der Waals surface area (Å²) in [6.45, 7) is 1.62. The summed E-state index contributed by atoms with van der Waals surface area (Å²) in [7, 11) is 2.05. The van der Waals surface area contributed by atoms with Gasteiger partial charge in [-0.3, -0.25) is 14.9 Å². The van der Waals surface area contributed by atoms with E-state index in [9.17, 15) is 0 Å². The number of hydrogen-bond donors (Lipinski definition) is 0. The summed E-state index contributed by atoms with van der Waals surface area (Å²) < 4.78 is 0. The third-order valence-electron chi connectivity index (χ3n) is 2.39. The summed E-state index contributed by atoms with van der Waals surface area (Å²) >= 11 is 5.92. The van der Waals surface area contributed by atoms with Crippen LogP contribution in [0.5, 0.6) is 0 Å². The second-order valence-corrected chi connectivity index (χ2v) is 4.44. The summed E-state index contributed by atoms with van der Waals surface area (Å²) in [4.78, 5) is 10.6. The minimum absolute atomic E-state index is 0.727.